The number of hydrogen-bond acceptors (Lipinski definition) is 6. The average Bonchev–Trinajstić information content (AvgIpc) is 3.65. The molecule has 1 aliphatic heterocycles. The molecule has 1 saturated carbocycles. The highest BCUT2D eigenvalue weighted by molar-refractivity contribution is 6.17. The molecule has 0 bridgehead atoms. The highest BCUT2D eigenvalue weighted by atomic mass is 19.1. The molecule has 1 aromatic heterocycles. The standard InChI is InChI=1S/C29H26FN5O2/c1-29(2,16-31)21-8-5-18(6-9-21)26(36)12-20-11-19(7-10-22(20)30)23-13-25(27(37)15-32-23)33-28-14-24(34-35-28)17-3-4-17/h5-11,13-14,17H,3-4,12,15H2,1-2H3,(H2,33,34,35). The summed E-state index contributed by atoms with van der Waals surface area (Å²) in [6.45, 7) is 3.58. The molecule has 2 aliphatic rings. The van der Waals surface area contributed by atoms with Crippen LogP contribution in [-0.4, -0.2) is 34.0 Å². The molecule has 0 amide bonds. The van der Waals surface area contributed by atoms with Crippen LogP contribution >= 0.6 is 0 Å². The van der Waals surface area contributed by atoms with Gasteiger partial charge >= 0.3 is 0 Å². The summed E-state index contributed by atoms with van der Waals surface area (Å²) < 4.78 is 14.7. The quantitative estimate of drug-likeness (QED) is 0.426. The summed E-state index contributed by atoms with van der Waals surface area (Å²) in [5.41, 5.74) is 3.38. The van der Waals surface area contributed by atoms with Gasteiger partial charge in [-0.3, -0.25) is 19.7 Å². The lowest BCUT2D eigenvalue weighted by Crippen LogP contribution is -2.21. The molecule has 0 atom stereocenters. The van der Waals surface area contributed by atoms with Gasteiger partial charge in [0.25, 0.3) is 0 Å². The minimum atomic E-state index is -0.665. The summed E-state index contributed by atoms with van der Waals surface area (Å²) in [6.07, 6.45) is 3.78. The Morgan fingerprint density at radius 1 is 1.19 bits per heavy atom. The van der Waals surface area contributed by atoms with E-state index in [1.54, 1.807) is 42.5 Å². The van der Waals surface area contributed by atoms with Gasteiger partial charge in [-0.1, -0.05) is 24.3 Å². The number of halogens is 1. The van der Waals surface area contributed by atoms with Crippen LogP contribution in [0.25, 0.3) is 0 Å². The monoisotopic (exact) mass is 495 g/mol. The van der Waals surface area contributed by atoms with E-state index < -0.39 is 11.2 Å². The number of ketones is 2. The zero-order valence-electron chi connectivity index (χ0n) is 20.6. The van der Waals surface area contributed by atoms with Crippen LogP contribution in [0.3, 0.4) is 0 Å². The number of benzene rings is 2. The smallest absolute Gasteiger partial charge is 0.200 e. The van der Waals surface area contributed by atoms with Gasteiger partial charge < -0.3 is 5.32 Å². The summed E-state index contributed by atoms with van der Waals surface area (Å²) in [6, 6.07) is 15.5. The van der Waals surface area contributed by atoms with Crippen LogP contribution in [0, 0.1) is 17.1 Å². The van der Waals surface area contributed by atoms with Crippen molar-refractivity contribution in [3.63, 3.8) is 0 Å². The third-order valence-electron chi connectivity index (χ3n) is 6.75. The first kappa shape index (κ1) is 24.3. The minimum Gasteiger partial charge on any atom is -0.336 e. The van der Waals surface area contributed by atoms with Crippen molar-refractivity contribution in [1.29, 1.82) is 5.26 Å². The lowest BCUT2D eigenvalue weighted by atomic mass is 9.85. The van der Waals surface area contributed by atoms with E-state index in [4.69, 9.17) is 0 Å². The van der Waals surface area contributed by atoms with Crippen molar-refractivity contribution in [3.05, 3.63) is 94.1 Å². The Hall–Kier alpha value is -4.38. The second kappa shape index (κ2) is 9.58. The molecule has 0 spiro atoms. The van der Waals surface area contributed by atoms with Crippen LogP contribution in [-0.2, 0) is 16.6 Å². The van der Waals surface area contributed by atoms with Crippen molar-refractivity contribution in [2.45, 2.75) is 44.4 Å². The number of rotatable bonds is 8. The van der Waals surface area contributed by atoms with Gasteiger partial charge in [-0.15, -0.1) is 0 Å². The maximum absolute atomic E-state index is 14.7. The predicted octanol–water partition coefficient (Wildman–Crippen LogP) is 5.02. The number of H-pyrrole nitrogens is 1. The Morgan fingerprint density at radius 2 is 1.95 bits per heavy atom. The van der Waals surface area contributed by atoms with E-state index in [9.17, 15) is 19.2 Å². The summed E-state index contributed by atoms with van der Waals surface area (Å²) in [4.78, 5) is 29.7. The number of hydrogen-bond donors (Lipinski definition) is 2. The van der Waals surface area contributed by atoms with Crippen molar-refractivity contribution < 1.29 is 14.0 Å². The van der Waals surface area contributed by atoms with Gasteiger partial charge in [-0.05, 0) is 62.1 Å². The van der Waals surface area contributed by atoms with Crippen LogP contribution in [0.5, 0.6) is 0 Å². The van der Waals surface area contributed by atoms with E-state index in [-0.39, 0.29) is 30.1 Å². The normalized spacial score (nSPS) is 15.6. The number of aromatic nitrogens is 2. The van der Waals surface area contributed by atoms with E-state index >= 15 is 0 Å². The minimum absolute atomic E-state index is 0.0366. The Labute approximate surface area is 214 Å². The lowest BCUT2D eigenvalue weighted by molar-refractivity contribution is -0.114. The molecule has 7 nitrogen and oxygen atoms in total. The first-order valence-electron chi connectivity index (χ1n) is 12.2. The molecule has 2 N–H and O–H groups in total. The first-order valence-corrected chi connectivity index (χ1v) is 12.2. The van der Waals surface area contributed by atoms with Crippen molar-refractivity contribution in [2.24, 2.45) is 4.99 Å². The number of nitriles is 1. The van der Waals surface area contributed by atoms with Crippen LogP contribution in [0.1, 0.15) is 65.3 Å². The van der Waals surface area contributed by atoms with Crippen molar-refractivity contribution in [1.82, 2.24) is 10.2 Å². The lowest BCUT2D eigenvalue weighted by Gasteiger charge is -2.16. The average molecular weight is 496 g/mol. The molecule has 0 radical (unpaired) electrons. The molecule has 37 heavy (non-hydrogen) atoms. The number of nitrogens with zero attached hydrogens (tertiary/aromatic N) is 3. The van der Waals surface area contributed by atoms with E-state index in [2.05, 4.69) is 26.6 Å². The predicted molar refractivity (Wildman–Crippen MR) is 138 cm³/mol. The van der Waals surface area contributed by atoms with Gasteiger partial charge in [-0.25, -0.2) is 4.39 Å². The number of Topliss-reactive ketones (excluding diaryl/α,β-unsaturated/α-hetero) is 2. The largest absolute Gasteiger partial charge is 0.336 e. The van der Waals surface area contributed by atoms with Gasteiger partial charge in [-0.2, -0.15) is 10.4 Å². The zero-order valence-corrected chi connectivity index (χ0v) is 20.6. The van der Waals surface area contributed by atoms with Gasteiger partial charge in [0.1, 0.15) is 12.4 Å². The van der Waals surface area contributed by atoms with E-state index in [0.29, 0.717) is 34.3 Å². The topological polar surface area (TPSA) is 111 Å². The van der Waals surface area contributed by atoms with Crippen molar-refractivity contribution in [3.8, 4) is 6.07 Å². The van der Waals surface area contributed by atoms with Crippen LogP contribution in [0.2, 0.25) is 0 Å². The highest BCUT2D eigenvalue weighted by Gasteiger charge is 2.26. The molecule has 8 heteroatoms. The Kier molecular flexibility index (Phi) is 6.30. The van der Waals surface area contributed by atoms with Gasteiger partial charge in [0.05, 0.1) is 22.9 Å². The number of dihydropyridines is 1. The molecule has 3 aromatic rings. The molecule has 5 rings (SSSR count). The van der Waals surface area contributed by atoms with Gasteiger partial charge in [0.2, 0.25) is 0 Å². The fourth-order valence-electron chi connectivity index (χ4n) is 4.21. The third-order valence-corrected chi connectivity index (χ3v) is 6.75. The molecule has 2 heterocycles. The van der Waals surface area contributed by atoms with Crippen LogP contribution in [0.15, 0.2) is 65.3 Å². The number of carbonyl (C=O) groups excluding carboxylic acids is 2. The zero-order chi connectivity index (χ0) is 26.2. The second-order valence-electron chi connectivity index (χ2n) is 10.0. The molecular formula is C29H26FN5O2. The number of anilines is 1. The Bertz CT molecular complexity index is 1490. The number of aliphatic imine (C=N–C) groups is 1. The highest BCUT2D eigenvalue weighted by Crippen LogP contribution is 2.39. The Morgan fingerprint density at radius 3 is 2.65 bits per heavy atom. The molecule has 0 saturated heterocycles. The molecule has 186 valence electrons. The van der Waals surface area contributed by atoms with Crippen LogP contribution in [0.4, 0.5) is 10.2 Å². The van der Waals surface area contributed by atoms with Crippen LogP contribution < -0.4 is 5.32 Å². The van der Waals surface area contributed by atoms with Crippen molar-refractivity contribution in [2.75, 3.05) is 11.9 Å². The summed E-state index contributed by atoms with van der Waals surface area (Å²) in [7, 11) is 0. The van der Waals surface area contributed by atoms with Gasteiger partial charge in [0.15, 0.2) is 17.4 Å². The fourth-order valence-corrected chi connectivity index (χ4v) is 4.21. The summed E-state index contributed by atoms with van der Waals surface area (Å²) in [5, 5.41) is 19.6. The molecular weight excluding hydrogens is 469 g/mol. The first-order chi connectivity index (χ1) is 17.7. The number of aromatic amines is 1. The second-order valence-corrected chi connectivity index (χ2v) is 10.0. The fraction of sp³-hybridized carbons (Fsp3) is 0.276. The maximum atomic E-state index is 14.7. The summed E-state index contributed by atoms with van der Waals surface area (Å²) >= 11 is 0. The maximum Gasteiger partial charge on any atom is 0.200 e. The SMILES string of the molecule is CC(C)(C#N)c1ccc(C(=O)Cc2cc(C3=NCC(=O)C(Nc4cc(C5CC5)[nH]n4)=C3)ccc2F)cc1. The number of carbonyl (C=O) groups is 2. The molecule has 0 unspecified atom stereocenters. The van der Waals surface area contributed by atoms with Gasteiger partial charge in [0, 0.05) is 35.2 Å². The summed E-state index contributed by atoms with van der Waals surface area (Å²) in [5.74, 6) is 0.191. The third kappa shape index (κ3) is 5.26. The Balaban J connectivity index is 1.33. The molecule has 1 fully saturated rings. The van der Waals surface area contributed by atoms with Crippen molar-refractivity contribution >= 4 is 23.1 Å². The van der Waals surface area contributed by atoms with E-state index in [1.165, 1.54) is 6.07 Å². The number of nitrogens with one attached hydrogen (secondary N) is 2. The number of allylic oxidation sites excluding steroid dienone is 1. The van der Waals surface area contributed by atoms with E-state index in [0.717, 1.165) is 24.1 Å². The molecule has 1 aliphatic carbocycles. The van der Waals surface area contributed by atoms with E-state index in [1.807, 2.05) is 19.9 Å². The molecule has 2 aromatic carbocycles.